The summed E-state index contributed by atoms with van der Waals surface area (Å²) >= 11 is 0. The monoisotopic (exact) mass is 266 g/mol. The molecule has 1 saturated heterocycles. The number of fused-ring (bicyclic) bond motifs is 2. The van der Waals surface area contributed by atoms with Gasteiger partial charge in [0.05, 0.1) is 6.10 Å². The van der Waals surface area contributed by atoms with Crippen LogP contribution in [-0.4, -0.2) is 18.8 Å². The van der Waals surface area contributed by atoms with Crippen molar-refractivity contribution in [3.8, 4) is 0 Å². The molecule has 3 aliphatic rings. The van der Waals surface area contributed by atoms with Crippen molar-refractivity contribution in [2.75, 3.05) is 6.61 Å². The highest BCUT2D eigenvalue weighted by Crippen LogP contribution is 2.50. The Bertz CT molecular complexity index is 278. The number of nitrogens with one attached hydrogen (secondary N) is 1. The van der Waals surface area contributed by atoms with Crippen molar-refractivity contribution in [2.45, 2.75) is 76.4 Å². The highest BCUT2D eigenvalue weighted by atomic mass is 16.5. The normalized spacial score (nSPS) is 39.6. The Labute approximate surface area is 117 Å². The molecule has 2 aliphatic carbocycles. The lowest BCUT2D eigenvalue weighted by Gasteiger charge is -2.28. The summed E-state index contributed by atoms with van der Waals surface area (Å²) in [4.78, 5) is 0. The third kappa shape index (κ3) is 3.50. The summed E-state index contributed by atoms with van der Waals surface area (Å²) in [5, 5.41) is 0. The van der Waals surface area contributed by atoms with Gasteiger partial charge in [-0.15, -0.1) is 0 Å². The van der Waals surface area contributed by atoms with Crippen LogP contribution in [0.25, 0.3) is 0 Å². The first-order valence-electron chi connectivity index (χ1n) is 8.43. The van der Waals surface area contributed by atoms with Gasteiger partial charge < -0.3 is 4.74 Å². The fraction of sp³-hybridized carbons (Fsp3) is 1.00. The van der Waals surface area contributed by atoms with E-state index in [1.54, 1.807) is 0 Å². The van der Waals surface area contributed by atoms with E-state index in [1.807, 2.05) is 0 Å². The minimum absolute atomic E-state index is 0.504. The molecule has 1 aliphatic heterocycles. The van der Waals surface area contributed by atoms with Crippen LogP contribution in [0.5, 0.6) is 0 Å². The molecule has 1 heterocycles. The van der Waals surface area contributed by atoms with Crippen LogP contribution >= 0.6 is 0 Å². The predicted molar refractivity (Wildman–Crippen MR) is 77.5 cm³/mol. The lowest BCUT2D eigenvalue weighted by molar-refractivity contribution is 0.00801. The number of hydrazine groups is 1. The summed E-state index contributed by atoms with van der Waals surface area (Å²) in [5.41, 5.74) is 3.07. The van der Waals surface area contributed by atoms with E-state index in [-0.39, 0.29) is 0 Å². The van der Waals surface area contributed by atoms with Gasteiger partial charge in [0.1, 0.15) is 0 Å². The molecule has 5 atom stereocenters. The zero-order valence-electron chi connectivity index (χ0n) is 12.2. The number of rotatable bonds is 6. The van der Waals surface area contributed by atoms with Crippen LogP contribution in [0.15, 0.2) is 0 Å². The third-order valence-corrected chi connectivity index (χ3v) is 5.82. The Kier molecular flexibility index (Phi) is 4.78. The van der Waals surface area contributed by atoms with E-state index in [1.165, 1.54) is 64.2 Å². The van der Waals surface area contributed by atoms with Gasteiger partial charge in [0.25, 0.3) is 0 Å². The average molecular weight is 266 g/mol. The highest BCUT2D eigenvalue weighted by molar-refractivity contribution is 4.91. The van der Waals surface area contributed by atoms with E-state index in [9.17, 15) is 0 Å². The minimum atomic E-state index is 0.504. The van der Waals surface area contributed by atoms with E-state index < -0.39 is 0 Å². The molecule has 0 radical (unpaired) electrons. The van der Waals surface area contributed by atoms with E-state index in [0.717, 1.165) is 24.4 Å². The number of nitrogens with two attached hydrogens (primary N) is 1. The fourth-order valence-electron chi connectivity index (χ4n) is 4.72. The summed E-state index contributed by atoms with van der Waals surface area (Å²) in [7, 11) is 0. The second-order valence-electron chi connectivity index (χ2n) is 7.10. The molecular formula is C16H30N2O. The molecule has 0 aromatic rings. The maximum absolute atomic E-state index is 5.82. The molecule has 0 aromatic heterocycles. The van der Waals surface area contributed by atoms with Gasteiger partial charge in [-0.3, -0.25) is 11.3 Å². The maximum Gasteiger partial charge on any atom is 0.0575 e. The molecule has 19 heavy (non-hydrogen) atoms. The lowest BCUT2D eigenvalue weighted by Crippen LogP contribution is -2.38. The van der Waals surface area contributed by atoms with E-state index >= 15 is 0 Å². The SMILES string of the molecule is NNC(CCC1CCCCO1)CC1CC2CCC1C2. The van der Waals surface area contributed by atoms with Gasteiger partial charge in [0, 0.05) is 12.6 Å². The smallest absolute Gasteiger partial charge is 0.0575 e. The molecule has 3 N–H and O–H groups in total. The van der Waals surface area contributed by atoms with Crippen LogP contribution in [0.3, 0.4) is 0 Å². The molecule has 110 valence electrons. The van der Waals surface area contributed by atoms with Gasteiger partial charge in [-0.1, -0.05) is 6.42 Å². The molecule has 0 aromatic carbocycles. The van der Waals surface area contributed by atoms with Crippen LogP contribution in [0.2, 0.25) is 0 Å². The first-order chi connectivity index (χ1) is 9.35. The number of ether oxygens (including phenoxy) is 1. The summed E-state index contributed by atoms with van der Waals surface area (Å²) < 4.78 is 5.82. The Morgan fingerprint density at radius 2 is 2.11 bits per heavy atom. The minimum Gasteiger partial charge on any atom is -0.378 e. The van der Waals surface area contributed by atoms with Crippen molar-refractivity contribution in [1.29, 1.82) is 0 Å². The molecule has 5 unspecified atom stereocenters. The molecule has 3 nitrogen and oxygen atoms in total. The van der Waals surface area contributed by atoms with Crippen molar-refractivity contribution in [1.82, 2.24) is 5.43 Å². The van der Waals surface area contributed by atoms with Gasteiger partial charge >= 0.3 is 0 Å². The van der Waals surface area contributed by atoms with Crippen LogP contribution < -0.4 is 11.3 Å². The van der Waals surface area contributed by atoms with Crippen molar-refractivity contribution in [2.24, 2.45) is 23.6 Å². The van der Waals surface area contributed by atoms with Crippen LogP contribution in [0.1, 0.15) is 64.2 Å². The largest absolute Gasteiger partial charge is 0.378 e. The van der Waals surface area contributed by atoms with Gasteiger partial charge in [0.15, 0.2) is 0 Å². The van der Waals surface area contributed by atoms with Gasteiger partial charge in [-0.05, 0) is 75.5 Å². The summed E-state index contributed by atoms with van der Waals surface area (Å²) in [6.07, 6.45) is 14.0. The molecule has 3 rings (SSSR count). The first kappa shape index (κ1) is 13.8. The summed E-state index contributed by atoms with van der Waals surface area (Å²) in [6.45, 7) is 0.970. The second-order valence-corrected chi connectivity index (χ2v) is 7.10. The van der Waals surface area contributed by atoms with Gasteiger partial charge in [-0.25, -0.2) is 0 Å². The summed E-state index contributed by atoms with van der Waals surface area (Å²) in [6, 6.07) is 0.509. The van der Waals surface area contributed by atoms with Gasteiger partial charge in [-0.2, -0.15) is 0 Å². The van der Waals surface area contributed by atoms with Crippen molar-refractivity contribution >= 4 is 0 Å². The zero-order valence-corrected chi connectivity index (χ0v) is 12.2. The first-order valence-corrected chi connectivity index (χ1v) is 8.43. The van der Waals surface area contributed by atoms with Crippen LogP contribution in [0.4, 0.5) is 0 Å². The van der Waals surface area contributed by atoms with Crippen LogP contribution in [-0.2, 0) is 4.74 Å². The van der Waals surface area contributed by atoms with Crippen molar-refractivity contribution in [3.05, 3.63) is 0 Å². The second kappa shape index (κ2) is 6.55. The van der Waals surface area contributed by atoms with E-state index in [0.29, 0.717) is 12.1 Å². The predicted octanol–water partition coefficient (Wildman–Crippen LogP) is 2.99. The average Bonchev–Trinajstić information content (AvgIpc) is 3.07. The topological polar surface area (TPSA) is 47.3 Å². The van der Waals surface area contributed by atoms with Crippen LogP contribution in [0, 0.1) is 17.8 Å². The van der Waals surface area contributed by atoms with Crippen molar-refractivity contribution < 1.29 is 4.74 Å². The van der Waals surface area contributed by atoms with E-state index in [2.05, 4.69) is 5.43 Å². The zero-order chi connectivity index (χ0) is 13.1. The summed E-state index contributed by atoms with van der Waals surface area (Å²) in [5.74, 6) is 8.80. The van der Waals surface area contributed by atoms with E-state index in [4.69, 9.17) is 10.6 Å². The molecule has 3 heteroatoms. The molecule has 2 saturated carbocycles. The number of hydrogen-bond donors (Lipinski definition) is 2. The Balaban J connectivity index is 1.40. The Morgan fingerprint density at radius 1 is 1.16 bits per heavy atom. The molecule has 0 spiro atoms. The molecule has 3 fully saturated rings. The Hall–Kier alpha value is -0.120. The molecular weight excluding hydrogens is 236 g/mol. The number of hydrogen-bond acceptors (Lipinski definition) is 3. The standard InChI is InChI=1S/C16H30N2O/c17-18-15(6-7-16-3-1-2-8-19-16)11-14-10-12-4-5-13(14)9-12/h12-16,18H,1-11,17H2. The van der Waals surface area contributed by atoms with Gasteiger partial charge in [0.2, 0.25) is 0 Å². The maximum atomic E-state index is 5.82. The third-order valence-electron chi connectivity index (χ3n) is 5.82. The lowest BCUT2D eigenvalue weighted by atomic mass is 9.83. The highest BCUT2D eigenvalue weighted by Gasteiger charge is 2.39. The molecule has 2 bridgehead atoms. The Morgan fingerprint density at radius 3 is 2.74 bits per heavy atom. The quantitative estimate of drug-likeness (QED) is 0.574. The molecule has 0 amide bonds. The fourth-order valence-corrected chi connectivity index (χ4v) is 4.72. The van der Waals surface area contributed by atoms with Crippen molar-refractivity contribution in [3.63, 3.8) is 0 Å².